The van der Waals surface area contributed by atoms with Gasteiger partial charge in [-0.1, -0.05) is 0 Å². The number of carbonyl (C=O) groups is 1. The molecule has 0 N–H and O–H groups in total. The van der Waals surface area contributed by atoms with Crippen molar-refractivity contribution in [1.29, 1.82) is 0 Å². The lowest BCUT2D eigenvalue weighted by molar-refractivity contribution is -0.139. The average molecular weight is 420 g/mol. The number of hydrogen-bond donors (Lipinski definition) is 0. The van der Waals surface area contributed by atoms with Crippen LogP contribution in [0.4, 0.5) is 0 Å². The molecule has 0 spiro atoms. The third kappa shape index (κ3) is 5.23. The van der Waals surface area contributed by atoms with Gasteiger partial charge in [-0.25, -0.2) is 4.67 Å². The molecule has 20 heavy (non-hydrogen) atoms. The van der Waals surface area contributed by atoms with Crippen molar-refractivity contribution >= 4 is 36.0 Å². The van der Waals surface area contributed by atoms with E-state index in [0.29, 0.717) is 39.4 Å². The second kappa shape index (κ2) is 8.65. The highest BCUT2D eigenvalue weighted by Gasteiger charge is 2.32. The van der Waals surface area contributed by atoms with Gasteiger partial charge in [-0.05, 0) is 22.6 Å². The van der Waals surface area contributed by atoms with Gasteiger partial charge in [-0.3, -0.25) is 9.36 Å². The maximum Gasteiger partial charge on any atom is 0.269 e. The summed E-state index contributed by atoms with van der Waals surface area (Å²) in [7, 11) is 0.331. The molecule has 1 unspecified atom stereocenters. The van der Waals surface area contributed by atoms with Crippen molar-refractivity contribution in [1.82, 2.24) is 9.57 Å². The van der Waals surface area contributed by atoms with Gasteiger partial charge in [-0.15, -0.1) is 0 Å². The SMILES string of the molecule is COCCOC(I)C(=O)N1CCN([P@](C)(=O)OC)CC1. The van der Waals surface area contributed by atoms with E-state index >= 15 is 0 Å². The zero-order valence-corrected chi connectivity index (χ0v) is 15.1. The van der Waals surface area contributed by atoms with Crippen LogP contribution in [-0.4, -0.2) is 79.9 Å². The molecule has 0 aromatic heterocycles. The van der Waals surface area contributed by atoms with Crippen molar-refractivity contribution in [2.45, 2.75) is 4.11 Å². The molecule has 0 radical (unpaired) electrons. The van der Waals surface area contributed by atoms with Gasteiger partial charge < -0.3 is 18.9 Å². The summed E-state index contributed by atoms with van der Waals surface area (Å²) in [6, 6.07) is 0. The number of piperazine rings is 1. The van der Waals surface area contributed by atoms with Gasteiger partial charge in [0.05, 0.1) is 13.2 Å². The van der Waals surface area contributed by atoms with Crippen LogP contribution in [0, 0.1) is 0 Å². The fourth-order valence-electron chi connectivity index (χ4n) is 1.84. The van der Waals surface area contributed by atoms with E-state index in [-0.39, 0.29) is 5.91 Å². The molecule has 1 fully saturated rings. The minimum absolute atomic E-state index is 0.0512. The first kappa shape index (κ1) is 18.3. The van der Waals surface area contributed by atoms with Crippen LogP contribution in [0.1, 0.15) is 0 Å². The summed E-state index contributed by atoms with van der Waals surface area (Å²) in [5, 5.41) is 0. The van der Waals surface area contributed by atoms with Crippen molar-refractivity contribution < 1.29 is 23.4 Å². The summed E-state index contributed by atoms with van der Waals surface area (Å²) in [5.41, 5.74) is 0. The Bertz CT molecular complexity index is 363. The Kier molecular flexibility index (Phi) is 7.92. The van der Waals surface area contributed by atoms with Crippen molar-refractivity contribution in [3.05, 3.63) is 0 Å². The van der Waals surface area contributed by atoms with Crippen LogP contribution in [0.3, 0.4) is 0 Å². The summed E-state index contributed by atoms with van der Waals surface area (Å²) >= 11 is 1.98. The maximum absolute atomic E-state index is 12.2. The number of amides is 1. The molecule has 118 valence electrons. The molecular weight excluding hydrogens is 398 g/mol. The van der Waals surface area contributed by atoms with Crippen molar-refractivity contribution in [3.8, 4) is 0 Å². The van der Waals surface area contributed by atoms with Crippen molar-refractivity contribution in [2.24, 2.45) is 0 Å². The molecule has 1 saturated heterocycles. The molecule has 1 aliphatic heterocycles. The van der Waals surface area contributed by atoms with Gasteiger partial charge >= 0.3 is 0 Å². The molecule has 0 aliphatic carbocycles. The highest BCUT2D eigenvalue weighted by molar-refractivity contribution is 14.1. The quantitative estimate of drug-likeness (QED) is 0.265. The predicted molar refractivity (Wildman–Crippen MR) is 84.3 cm³/mol. The van der Waals surface area contributed by atoms with Crippen LogP contribution < -0.4 is 0 Å². The van der Waals surface area contributed by atoms with Gasteiger partial charge in [0.1, 0.15) is 0 Å². The predicted octanol–water partition coefficient (Wildman–Crippen LogP) is 1.02. The summed E-state index contributed by atoms with van der Waals surface area (Å²) in [4.78, 5) is 13.9. The van der Waals surface area contributed by atoms with E-state index in [1.807, 2.05) is 22.6 Å². The van der Waals surface area contributed by atoms with Crippen LogP contribution >= 0.6 is 30.1 Å². The molecule has 7 nitrogen and oxygen atoms in total. The molecule has 0 aromatic carbocycles. The molecular formula is C11H22IN2O5P. The molecule has 0 saturated carbocycles. The van der Waals surface area contributed by atoms with Gasteiger partial charge in [0.15, 0.2) is 4.11 Å². The van der Waals surface area contributed by atoms with Gasteiger partial charge in [0.25, 0.3) is 13.4 Å². The fourth-order valence-corrected chi connectivity index (χ4v) is 3.63. The first-order valence-corrected chi connectivity index (χ1v) is 9.61. The van der Waals surface area contributed by atoms with Crippen LogP contribution in [0.5, 0.6) is 0 Å². The van der Waals surface area contributed by atoms with Crippen LogP contribution in [-0.2, 0) is 23.4 Å². The molecule has 0 bridgehead atoms. The second-order valence-corrected chi connectivity index (χ2v) is 8.11. The zero-order chi connectivity index (χ0) is 15.2. The van der Waals surface area contributed by atoms with Gasteiger partial charge in [0.2, 0.25) is 0 Å². The first-order valence-electron chi connectivity index (χ1n) is 6.34. The molecule has 1 amide bonds. The summed E-state index contributed by atoms with van der Waals surface area (Å²) in [6.45, 7) is 4.63. The minimum Gasteiger partial charge on any atom is -0.382 e. The molecule has 9 heteroatoms. The Balaban J connectivity index is 2.41. The molecule has 1 aliphatic rings. The summed E-state index contributed by atoms with van der Waals surface area (Å²) in [6.07, 6.45) is 0. The lowest BCUT2D eigenvalue weighted by Gasteiger charge is -2.37. The minimum atomic E-state index is -2.71. The number of nitrogens with zero attached hydrogens (tertiary/aromatic N) is 2. The Labute approximate surface area is 133 Å². The van der Waals surface area contributed by atoms with E-state index in [9.17, 15) is 9.36 Å². The molecule has 2 atom stereocenters. The average Bonchev–Trinajstić information content (AvgIpc) is 2.46. The number of carbonyl (C=O) groups excluding carboxylic acids is 1. The van der Waals surface area contributed by atoms with Crippen molar-refractivity contribution in [2.75, 3.05) is 60.3 Å². The highest BCUT2D eigenvalue weighted by Crippen LogP contribution is 2.46. The van der Waals surface area contributed by atoms with Gasteiger partial charge in [-0.2, -0.15) is 0 Å². The Morgan fingerprint density at radius 1 is 1.25 bits per heavy atom. The summed E-state index contributed by atoms with van der Waals surface area (Å²) < 4.78 is 28.7. The Morgan fingerprint density at radius 2 is 1.85 bits per heavy atom. The lowest BCUT2D eigenvalue weighted by Crippen LogP contribution is -2.49. The van der Waals surface area contributed by atoms with E-state index in [1.165, 1.54) is 7.11 Å². The van der Waals surface area contributed by atoms with Crippen LogP contribution in [0.25, 0.3) is 0 Å². The van der Waals surface area contributed by atoms with Crippen LogP contribution in [0.2, 0.25) is 0 Å². The monoisotopic (exact) mass is 420 g/mol. The smallest absolute Gasteiger partial charge is 0.269 e. The third-order valence-corrected chi connectivity index (χ3v) is 6.16. The number of ether oxygens (including phenoxy) is 2. The molecule has 1 heterocycles. The molecule has 0 aromatic rings. The topological polar surface area (TPSA) is 68.3 Å². The zero-order valence-electron chi connectivity index (χ0n) is 12.1. The Hall–Kier alpha value is 0.270. The number of halogens is 1. The second-order valence-electron chi connectivity index (χ2n) is 4.44. The lowest BCUT2D eigenvalue weighted by atomic mass is 10.3. The van der Waals surface area contributed by atoms with Crippen molar-refractivity contribution in [3.63, 3.8) is 0 Å². The van der Waals surface area contributed by atoms with E-state index < -0.39 is 11.6 Å². The maximum atomic E-state index is 12.2. The highest BCUT2D eigenvalue weighted by atomic mass is 127. The number of rotatable bonds is 7. The number of methoxy groups -OCH3 is 1. The van der Waals surface area contributed by atoms with Crippen LogP contribution in [0.15, 0.2) is 0 Å². The van der Waals surface area contributed by atoms with E-state index in [2.05, 4.69) is 0 Å². The Morgan fingerprint density at radius 3 is 2.35 bits per heavy atom. The number of alkyl halides is 1. The van der Waals surface area contributed by atoms with E-state index in [4.69, 9.17) is 14.0 Å². The normalized spacial score (nSPS) is 21.5. The third-order valence-electron chi connectivity index (χ3n) is 3.17. The molecule has 1 rings (SSSR count). The van der Waals surface area contributed by atoms with E-state index in [1.54, 1.807) is 23.3 Å². The standard InChI is InChI=1S/C11H22IN2O5P/c1-17-8-9-19-10(12)11(15)13-4-6-14(7-5-13)20(3,16)18-2/h10H,4-9H2,1-3H3/t10?,20-/m1/s1. The fraction of sp³-hybridized carbons (Fsp3) is 0.909. The van der Waals surface area contributed by atoms with Gasteiger partial charge in [0, 0.05) is 47.1 Å². The largest absolute Gasteiger partial charge is 0.382 e. The summed E-state index contributed by atoms with van der Waals surface area (Å²) in [5.74, 6) is -0.0512. The first-order chi connectivity index (χ1) is 9.42. The van der Waals surface area contributed by atoms with E-state index in [0.717, 1.165) is 0 Å². The number of hydrogen-bond acceptors (Lipinski definition) is 5.